The van der Waals surface area contributed by atoms with E-state index in [4.69, 9.17) is 0 Å². The molecule has 0 bridgehead atoms. The molecule has 0 aromatic heterocycles. The molecule has 1 fully saturated rings. The SMILES string of the molecule is CN=C(NCCNC(=O)C1CC1)NCC(C)c1ccc(C)cc1.I. The normalized spacial score (nSPS) is 15.2. The van der Waals surface area contributed by atoms with Gasteiger partial charge in [-0.15, -0.1) is 24.0 Å². The van der Waals surface area contributed by atoms with Crippen molar-refractivity contribution in [2.24, 2.45) is 10.9 Å². The van der Waals surface area contributed by atoms with Gasteiger partial charge in [-0.25, -0.2) is 0 Å². The van der Waals surface area contributed by atoms with Crippen LogP contribution in [0.3, 0.4) is 0 Å². The van der Waals surface area contributed by atoms with Gasteiger partial charge in [0.05, 0.1) is 0 Å². The number of benzene rings is 1. The number of guanidine groups is 1. The highest BCUT2D eigenvalue weighted by atomic mass is 127. The molecule has 1 amide bonds. The molecule has 1 aromatic carbocycles. The second-order valence-corrected chi connectivity index (χ2v) is 6.26. The molecule has 1 unspecified atom stereocenters. The summed E-state index contributed by atoms with van der Waals surface area (Å²) in [6.07, 6.45) is 2.08. The number of nitrogens with zero attached hydrogens (tertiary/aromatic N) is 1. The quantitative estimate of drug-likeness (QED) is 0.262. The minimum Gasteiger partial charge on any atom is -0.356 e. The standard InChI is InChI=1S/C18H28N4O.HI/c1-13-4-6-15(7-5-13)14(2)12-22-18(19-3)21-11-10-20-17(23)16-8-9-16;/h4-7,14,16H,8-12H2,1-3H3,(H,20,23)(H2,19,21,22);1H. The summed E-state index contributed by atoms with van der Waals surface area (Å²) in [6.45, 7) is 6.42. The van der Waals surface area contributed by atoms with E-state index in [-0.39, 0.29) is 35.8 Å². The Balaban J connectivity index is 0.00000288. The Bertz CT molecular complexity index is 540. The maximum atomic E-state index is 11.5. The number of aliphatic imine (C=N–C) groups is 1. The summed E-state index contributed by atoms with van der Waals surface area (Å²) in [5.41, 5.74) is 2.59. The number of hydrogen-bond acceptors (Lipinski definition) is 2. The fraction of sp³-hybridized carbons (Fsp3) is 0.556. The molecule has 1 saturated carbocycles. The second-order valence-electron chi connectivity index (χ2n) is 6.26. The molecule has 0 radical (unpaired) electrons. The van der Waals surface area contributed by atoms with E-state index in [9.17, 15) is 4.79 Å². The Morgan fingerprint density at radius 2 is 1.79 bits per heavy atom. The average molecular weight is 444 g/mol. The Morgan fingerprint density at radius 1 is 1.17 bits per heavy atom. The fourth-order valence-electron chi connectivity index (χ4n) is 2.34. The molecule has 3 N–H and O–H groups in total. The minimum atomic E-state index is 0. The van der Waals surface area contributed by atoms with Crippen molar-refractivity contribution in [3.8, 4) is 0 Å². The van der Waals surface area contributed by atoms with Crippen molar-refractivity contribution in [1.29, 1.82) is 0 Å². The lowest BCUT2D eigenvalue weighted by Crippen LogP contribution is -2.42. The molecule has 1 atom stereocenters. The third-order valence-corrected chi connectivity index (χ3v) is 4.11. The first-order valence-corrected chi connectivity index (χ1v) is 8.39. The summed E-state index contributed by atoms with van der Waals surface area (Å²) in [5, 5.41) is 9.49. The molecule has 1 aliphatic rings. The molecule has 1 aliphatic carbocycles. The maximum absolute atomic E-state index is 11.5. The predicted octanol–water partition coefficient (Wildman–Crippen LogP) is 2.41. The zero-order valence-corrected chi connectivity index (χ0v) is 17.1. The summed E-state index contributed by atoms with van der Waals surface area (Å²) in [5.74, 6) is 1.62. The van der Waals surface area contributed by atoms with Gasteiger partial charge in [0.15, 0.2) is 5.96 Å². The van der Waals surface area contributed by atoms with Crippen LogP contribution in [0.1, 0.15) is 36.8 Å². The highest BCUT2D eigenvalue weighted by molar-refractivity contribution is 14.0. The van der Waals surface area contributed by atoms with Crippen molar-refractivity contribution < 1.29 is 4.79 Å². The lowest BCUT2D eigenvalue weighted by atomic mass is 10.0. The summed E-state index contributed by atoms with van der Waals surface area (Å²) in [4.78, 5) is 15.7. The number of aryl methyl sites for hydroxylation is 1. The Kier molecular flexibility index (Phi) is 9.10. The van der Waals surface area contributed by atoms with Crippen LogP contribution in [0, 0.1) is 12.8 Å². The lowest BCUT2D eigenvalue weighted by Gasteiger charge is -2.16. The summed E-state index contributed by atoms with van der Waals surface area (Å²) in [6, 6.07) is 8.62. The molecule has 1 aromatic rings. The van der Waals surface area contributed by atoms with E-state index in [0.29, 0.717) is 19.0 Å². The topological polar surface area (TPSA) is 65.5 Å². The van der Waals surface area contributed by atoms with Crippen LogP contribution in [-0.4, -0.2) is 38.5 Å². The molecule has 0 saturated heterocycles. The number of amides is 1. The highest BCUT2D eigenvalue weighted by Crippen LogP contribution is 2.28. The molecule has 24 heavy (non-hydrogen) atoms. The van der Waals surface area contributed by atoms with Gasteiger partial charge in [-0.05, 0) is 31.2 Å². The smallest absolute Gasteiger partial charge is 0.223 e. The van der Waals surface area contributed by atoms with Gasteiger partial charge < -0.3 is 16.0 Å². The molecular formula is C18H29IN4O. The van der Waals surface area contributed by atoms with Gasteiger partial charge in [-0.2, -0.15) is 0 Å². The monoisotopic (exact) mass is 444 g/mol. The van der Waals surface area contributed by atoms with Gasteiger partial charge in [-0.3, -0.25) is 9.79 Å². The first-order valence-electron chi connectivity index (χ1n) is 8.39. The highest BCUT2D eigenvalue weighted by Gasteiger charge is 2.28. The molecule has 6 heteroatoms. The molecule has 2 rings (SSSR count). The van der Waals surface area contributed by atoms with Crippen molar-refractivity contribution in [3.63, 3.8) is 0 Å². The zero-order valence-electron chi connectivity index (χ0n) is 14.8. The van der Waals surface area contributed by atoms with Crippen LogP contribution in [-0.2, 0) is 4.79 Å². The van der Waals surface area contributed by atoms with E-state index in [1.807, 2.05) is 0 Å². The minimum absolute atomic E-state index is 0. The summed E-state index contributed by atoms with van der Waals surface area (Å²) >= 11 is 0. The number of carbonyl (C=O) groups is 1. The van der Waals surface area contributed by atoms with E-state index in [0.717, 1.165) is 25.3 Å². The van der Waals surface area contributed by atoms with Crippen LogP contribution in [0.4, 0.5) is 0 Å². The Morgan fingerprint density at radius 3 is 2.38 bits per heavy atom. The van der Waals surface area contributed by atoms with Crippen LogP contribution >= 0.6 is 24.0 Å². The van der Waals surface area contributed by atoms with Crippen LogP contribution < -0.4 is 16.0 Å². The van der Waals surface area contributed by atoms with Gasteiger partial charge >= 0.3 is 0 Å². The first-order chi connectivity index (χ1) is 11.1. The number of rotatable bonds is 7. The van der Waals surface area contributed by atoms with Crippen LogP contribution in [0.2, 0.25) is 0 Å². The van der Waals surface area contributed by atoms with E-state index < -0.39 is 0 Å². The summed E-state index contributed by atoms with van der Waals surface area (Å²) < 4.78 is 0. The largest absolute Gasteiger partial charge is 0.356 e. The van der Waals surface area contributed by atoms with Crippen LogP contribution in [0.5, 0.6) is 0 Å². The van der Waals surface area contributed by atoms with E-state index in [2.05, 4.69) is 59.1 Å². The number of halogens is 1. The van der Waals surface area contributed by atoms with Gasteiger partial charge in [0, 0.05) is 32.6 Å². The number of carbonyl (C=O) groups excluding carboxylic acids is 1. The zero-order chi connectivity index (χ0) is 16.7. The molecule has 134 valence electrons. The van der Waals surface area contributed by atoms with E-state index in [1.54, 1.807) is 7.05 Å². The fourth-order valence-corrected chi connectivity index (χ4v) is 2.34. The number of nitrogens with one attached hydrogen (secondary N) is 3. The van der Waals surface area contributed by atoms with Crippen LogP contribution in [0.15, 0.2) is 29.3 Å². The lowest BCUT2D eigenvalue weighted by molar-refractivity contribution is -0.122. The van der Waals surface area contributed by atoms with Crippen molar-refractivity contribution >= 4 is 35.8 Å². The van der Waals surface area contributed by atoms with Crippen molar-refractivity contribution in [2.45, 2.75) is 32.6 Å². The van der Waals surface area contributed by atoms with Gasteiger partial charge in [0.2, 0.25) is 5.91 Å². The predicted molar refractivity (Wildman–Crippen MR) is 110 cm³/mol. The van der Waals surface area contributed by atoms with E-state index in [1.165, 1.54) is 11.1 Å². The first kappa shape index (κ1) is 20.7. The maximum Gasteiger partial charge on any atom is 0.223 e. The third-order valence-electron chi connectivity index (χ3n) is 4.11. The molecule has 5 nitrogen and oxygen atoms in total. The second kappa shape index (κ2) is 10.5. The average Bonchev–Trinajstić information content (AvgIpc) is 3.39. The van der Waals surface area contributed by atoms with Crippen molar-refractivity contribution in [2.75, 3.05) is 26.7 Å². The molecule has 0 aliphatic heterocycles. The van der Waals surface area contributed by atoms with Gasteiger partial charge in [-0.1, -0.05) is 36.8 Å². The Hall–Kier alpha value is -1.31. The number of hydrogen-bond donors (Lipinski definition) is 3. The van der Waals surface area contributed by atoms with Crippen LogP contribution in [0.25, 0.3) is 0 Å². The van der Waals surface area contributed by atoms with Gasteiger partial charge in [0.25, 0.3) is 0 Å². The Labute approximate surface area is 162 Å². The molecule has 0 spiro atoms. The van der Waals surface area contributed by atoms with E-state index >= 15 is 0 Å². The molecular weight excluding hydrogens is 415 g/mol. The summed E-state index contributed by atoms with van der Waals surface area (Å²) in [7, 11) is 1.76. The van der Waals surface area contributed by atoms with Gasteiger partial charge in [0.1, 0.15) is 0 Å². The third kappa shape index (κ3) is 7.07. The van der Waals surface area contributed by atoms with Crippen molar-refractivity contribution in [1.82, 2.24) is 16.0 Å². The van der Waals surface area contributed by atoms with Crippen molar-refractivity contribution in [3.05, 3.63) is 35.4 Å². The molecule has 0 heterocycles.